The van der Waals surface area contributed by atoms with Crippen LogP contribution in [0.5, 0.6) is 11.5 Å². The molecule has 0 fully saturated rings. The minimum absolute atomic E-state index is 0.517. The van der Waals surface area contributed by atoms with Crippen molar-refractivity contribution in [2.75, 3.05) is 0 Å². The van der Waals surface area contributed by atoms with Crippen molar-refractivity contribution in [1.29, 1.82) is 0 Å². The minimum Gasteiger partial charge on any atom is -0.455 e. The lowest BCUT2D eigenvalue weighted by Gasteiger charge is -2.10. The summed E-state index contributed by atoms with van der Waals surface area (Å²) >= 11 is 0. The van der Waals surface area contributed by atoms with Gasteiger partial charge in [-0.05, 0) is 30.0 Å². The highest BCUT2D eigenvalue weighted by Crippen LogP contribution is 2.29. The van der Waals surface area contributed by atoms with Gasteiger partial charge in [0.2, 0.25) is 0 Å². The lowest BCUT2D eigenvalue weighted by molar-refractivity contribution is 0.169. The number of aliphatic hydroxyl groups excluding tert-OH is 1. The normalized spacial score (nSPS) is 12.3. The monoisotopic (exact) mass is 279 g/mol. The standard InChI is InChI=1S/C18H17NO2/c1-2-17(20)16-11-10-14(12-19-16)21-18-9-5-7-13-6-3-4-8-15(13)18/h3-12,17,20H,2H2,1H3/t17-/m1/s1. The van der Waals surface area contributed by atoms with Crippen molar-refractivity contribution in [3.05, 3.63) is 66.5 Å². The van der Waals surface area contributed by atoms with Gasteiger partial charge in [0.05, 0.1) is 18.0 Å². The first-order valence-corrected chi connectivity index (χ1v) is 7.07. The molecule has 0 unspecified atom stereocenters. The molecule has 0 spiro atoms. The van der Waals surface area contributed by atoms with Crippen molar-refractivity contribution >= 4 is 10.8 Å². The molecule has 106 valence electrons. The fraction of sp³-hybridized carbons (Fsp3) is 0.167. The molecule has 0 aliphatic rings. The van der Waals surface area contributed by atoms with E-state index in [0.29, 0.717) is 17.9 Å². The minimum atomic E-state index is -0.517. The number of pyridine rings is 1. The molecule has 0 radical (unpaired) electrons. The van der Waals surface area contributed by atoms with E-state index in [4.69, 9.17) is 4.74 Å². The molecule has 3 nitrogen and oxygen atoms in total. The summed E-state index contributed by atoms with van der Waals surface area (Å²) < 4.78 is 5.92. The quantitative estimate of drug-likeness (QED) is 0.766. The molecule has 1 atom stereocenters. The Morgan fingerprint density at radius 1 is 1.05 bits per heavy atom. The third kappa shape index (κ3) is 2.88. The molecule has 0 saturated carbocycles. The molecule has 3 aromatic rings. The van der Waals surface area contributed by atoms with E-state index >= 15 is 0 Å². The maximum Gasteiger partial charge on any atom is 0.145 e. The zero-order valence-corrected chi connectivity index (χ0v) is 11.9. The Labute approximate surface area is 123 Å². The molecule has 1 heterocycles. The first kappa shape index (κ1) is 13.6. The van der Waals surface area contributed by atoms with Crippen LogP contribution >= 0.6 is 0 Å². The second-order valence-corrected chi connectivity index (χ2v) is 4.92. The maximum atomic E-state index is 9.75. The number of hydrogen-bond acceptors (Lipinski definition) is 3. The Hall–Kier alpha value is -2.39. The highest BCUT2D eigenvalue weighted by molar-refractivity contribution is 5.88. The summed E-state index contributed by atoms with van der Waals surface area (Å²) in [5.41, 5.74) is 0.669. The summed E-state index contributed by atoms with van der Waals surface area (Å²) in [4.78, 5) is 4.25. The van der Waals surface area contributed by atoms with Crippen LogP contribution in [0, 0.1) is 0 Å². The van der Waals surface area contributed by atoms with Gasteiger partial charge in [-0.3, -0.25) is 4.98 Å². The molecule has 21 heavy (non-hydrogen) atoms. The van der Waals surface area contributed by atoms with E-state index in [2.05, 4.69) is 17.1 Å². The molecule has 0 aliphatic carbocycles. The fourth-order valence-electron chi connectivity index (χ4n) is 2.27. The van der Waals surface area contributed by atoms with Crippen LogP contribution in [0.15, 0.2) is 60.8 Å². The highest BCUT2D eigenvalue weighted by Gasteiger charge is 2.07. The van der Waals surface area contributed by atoms with Crippen molar-refractivity contribution < 1.29 is 9.84 Å². The number of benzene rings is 2. The van der Waals surface area contributed by atoms with Gasteiger partial charge in [-0.2, -0.15) is 0 Å². The number of rotatable bonds is 4. The zero-order chi connectivity index (χ0) is 14.7. The van der Waals surface area contributed by atoms with Crippen molar-refractivity contribution in [2.24, 2.45) is 0 Å². The molecule has 1 N–H and O–H groups in total. The van der Waals surface area contributed by atoms with Crippen molar-refractivity contribution in [1.82, 2.24) is 4.98 Å². The Morgan fingerprint density at radius 2 is 1.86 bits per heavy atom. The van der Waals surface area contributed by atoms with E-state index < -0.39 is 6.10 Å². The van der Waals surface area contributed by atoms with E-state index in [-0.39, 0.29) is 0 Å². The van der Waals surface area contributed by atoms with Crippen molar-refractivity contribution in [2.45, 2.75) is 19.4 Å². The Kier molecular flexibility index (Phi) is 3.84. The first-order chi connectivity index (χ1) is 10.3. The molecule has 2 aromatic carbocycles. The van der Waals surface area contributed by atoms with Gasteiger partial charge in [-0.25, -0.2) is 0 Å². The van der Waals surface area contributed by atoms with Gasteiger partial charge in [-0.15, -0.1) is 0 Å². The highest BCUT2D eigenvalue weighted by atomic mass is 16.5. The van der Waals surface area contributed by atoms with Gasteiger partial charge in [0.1, 0.15) is 11.5 Å². The average molecular weight is 279 g/mol. The van der Waals surface area contributed by atoms with E-state index in [1.165, 1.54) is 0 Å². The summed E-state index contributed by atoms with van der Waals surface area (Å²) in [5.74, 6) is 1.47. The summed E-state index contributed by atoms with van der Waals surface area (Å²) in [6.07, 6.45) is 1.78. The predicted octanol–water partition coefficient (Wildman–Crippen LogP) is 4.47. The van der Waals surface area contributed by atoms with Crippen LogP contribution in [0.3, 0.4) is 0 Å². The number of ether oxygens (including phenoxy) is 1. The van der Waals surface area contributed by atoms with E-state index in [1.54, 1.807) is 12.3 Å². The largest absolute Gasteiger partial charge is 0.455 e. The number of fused-ring (bicyclic) bond motifs is 1. The van der Waals surface area contributed by atoms with Gasteiger partial charge < -0.3 is 9.84 Å². The van der Waals surface area contributed by atoms with Gasteiger partial charge in [0.15, 0.2) is 0 Å². The lowest BCUT2D eigenvalue weighted by Crippen LogP contribution is -1.98. The third-order valence-corrected chi connectivity index (χ3v) is 3.46. The number of hydrogen-bond donors (Lipinski definition) is 1. The second kappa shape index (κ2) is 5.94. The first-order valence-electron chi connectivity index (χ1n) is 7.07. The van der Waals surface area contributed by atoms with E-state index in [0.717, 1.165) is 16.5 Å². The molecule has 0 bridgehead atoms. The van der Waals surface area contributed by atoms with Crippen LogP contribution < -0.4 is 4.74 Å². The zero-order valence-electron chi connectivity index (χ0n) is 11.9. The summed E-state index contributed by atoms with van der Waals surface area (Å²) in [5, 5.41) is 12.0. The fourth-order valence-corrected chi connectivity index (χ4v) is 2.27. The number of nitrogens with zero attached hydrogens (tertiary/aromatic N) is 1. The lowest BCUT2D eigenvalue weighted by atomic mass is 10.1. The van der Waals surface area contributed by atoms with Gasteiger partial charge in [0.25, 0.3) is 0 Å². The molecular weight excluding hydrogens is 262 g/mol. The Morgan fingerprint density at radius 3 is 2.62 bits per heavy atom. The van der Waals surface area contributed by atoms with E-state index in [9.17, 15) is 5.11 Å². The molecule has 0 aliphatic heterocycles. The average Bonchev–Trinajstić information content (AvgIpc) is 2.55. The number of aliphatic hydroxyl groups is 1. The van der Waals surface area contributed by atoms with Crippen LogP contribution in [-0.4, -0.2) is 10.1 Å². The molecule has 0 saturated heterocycles. The van der Waals surface area contributed by atoms with Gasteiger partial charge in [-0.1, -0.05) is 43.3 Å². The van der Waals surface area contributed by atoms with Gasteiger partial charge >= 0.3 is 0 Å². The second-order valence-electron chi connectivity index (χ2n) is 4.92. The maximum absolute atomic E-state index is 9.75. The summed E-state index contributed by atoms with van der Waals surface area (Å²) in [6.45, 7) is 1.92. The summed E-state index contributed by atoms with van der Waals surface area (Å²) in [7, 11) is 0. The van der Waals surface area contributed by atoms with Crippen LogP contribution in [0.25, 0.3) is 10.8 Å². The van der Waals surface area contributed by atoms with Crippen molar-refractivity contribution in [3.63, 3.8) is 0 Å². The molecular formula is C18H17NO2. The van der Waals surface area contributed by atoms with Gasteiger partial charge in [0, 0.05) is 5.39 Å². The van der Waals surface area contributed by atoms with Crippen LogP contribution in [0.4, 0.5) is 0 Å². The van der Waals surface area contributed by atoms with Crippen molar-refractivity contribution in [3.8, 4) is 11.5 Å². The Bertz CT molecular complexity index is 732. The molecule has 1 aromatic heterocycles. The Balaban J connectivity index is 1.88. The molecule has 3 rings (SSSR count). The SMILES string of the molecule is CC[C@@H](O)c1ccc(Oc2cccc3ccccc23)cn1. The number of aromatic nitrogens is 1. The topological polar surface area (TPSA) is 42.4 Å². The summed E-state index contributed by atoms with van der Waals surface area (Å²) in [6, 6.07) is 17.7. The van der Waals surface area contributed by atoms with Crippen LogP contribution in [-0.2, 0) is 0 Å². The van der Waals surface area contributed by atoms with E-state index in [1.807, 2.05) is 43.3 Å². The predicted molar refractivity (Wildman–Crippen MR) is 83.5 cm³/mol. The molecule has 0 amide bonds. The third-order valence-electron chi connectivity index (χ3n) is 3.46. The smallest absolute Gasteiger partial charge is 0.145 e. The van der Waals surface area contributed by atoms with Crippen LogP contribution in [0.2, 0.25) is 0 Å². The van der Waals surface area contributed by atoms with Crippen LogP contribution in [0.1, 0.15) is 25.1 Å². The molecule has 3 heteroatoms.